The van der Waals surface area contributed by atoms with Crippen LogP contribution in [0.4, 0.5) is 0 Å². The van der Waals surface area contributed by atoms with Gasteiger partial charge in [-0.25, -0.2) is 0 Å². The van der Waals surface area contributed by atoms with Crippen LogP contribution in [-0.2, 0) is 0 Å². The van der Waals surface area contributed by atoms with Crippen LogP contribution in [0, 0.1) is 6.92 Å². The molecule has 1 aliphatic heterocycles. The number of piperazine rings is 1. The Kier molecular flexibility index (Phi) is 5.22. The highest BCUT2D eigenvalue weighted by molar-refractivity contribution is 9.10. The van der Waals surface area contributed by atoms with E-state index >= 15 is 0 Å². The summed E-state index contributed by atoms with van der Waals surface area (Å²) >= 11 is 3.50. The predicted octanol–water partition coefficient (Wildman–Crippen LogP) is 3.31. The largest absolute Gasteiger partial charge is 0.336 e. The van der Waals surface area contributed by atoms with Crippen molar-refractivity contribution in [1.82, 2.24) is 9.80 Å². The zero-order valence-electron chi connectivity index (χ0n) is 12.5. The first-order chi connectivity index (χ1) is 9.52. The van der Waals surface area contributed by atoms with Gasteiger partial charge in [0.25, 0.3) is 5.91 Å². The number of aryl methyl sites for hydroxylation is 1. The van der Waals surface area contributed by atoms with Gasteiger partial charge in [-0.05, 0) is 38.0 Å². The Labute approximate surface area is 130 Å². The third kappa shape index (κ3) is 3.41. The van der Waals surface area contributed by atoms with Gasteiger partial charge in [-0.3, -0.25) is 9.69 Å². The van der Waals surface area contributed by atoms with Crippen LogP contribution in [-0.4, -0.2) is 47.9 Å². The van der Waals surface area contributed by atoms with Crippen LogP contribution < -0.4 is 0 Å². The first kappa shape index (κ1) is 15.5. The Bertz CT molecular complexity index is 481. The second kappa shape index (κ2) is 6.72. The van der Waals surface area contributed by atoms with Gasteiger partial charge in [0.1, 0.15) is 0 Å². The smallest absolute Gasteiger partial charge is 0.253 e. The van der Waals surface area contributed by atoms with Gasteiger partial charge in [-0.15, -0.1) is 0 Å². The average molecular weight is 339 g/mol. The summed E-state index contributed by atoms with van der Waals surface area (Å²) in [5.74, 6) is 0.148. The number of hydrogen-bond donors (Lipinski definition) is 0. The Morgan fingerprint density at radius 3 is 2.50 bits per heavy atom. The fourth-order valence-corrected chi connectivity index (χ4v) is 2.91. The van der Waals surface area contributed by atoms with Crippen molar-refractivity contribution < 1.29 is 4.79 Å². The maximum atomic E-state index is 12.5. The van der Waals surface area contributed by atoms with E-state index in [9.17, 15) is 4.79 Å². The number of amides is 1. The molecule has 0 aliphatic carbocycles. The Morgan fingerprint density at radius 1 is 1.30 bits per heavy atom. The molecule has 1 saturated heterocycles. The van der Waals surface area contributed by atoms with Crippen LogP contribution in [0.3, 0.4) is 0 Å². The number of benzene rings is 1. The Balaban J connectivity index is 1.99. The lowest BCUT2D eigenvalue weighted by atomic mass is 10.1. The number of nitrogens with zero attached hydrogens (tertiary/aromatic N) is 2. The van der Waals surface area contributed by atoms with E-state index in [1.807, 2.05) is 30.0 Å². The van der Waals surface area contributed by atoms with Crippen molar-refractivity contribution in [2.75, 3.05) is 26.2 Å². The summed E-state index contributed by atoms with van der Waals surface area (Å²) in [7, 11) is 0. The molecule has 110 valence electrons. The van der Waals surface area contributed by atoms with E-state index in [0.717, 1.165) is 41.8 Å². The van der Waals surface area contributed by atoms with E-state index in [0.29, 0.717) is 6.04 Å². The average Bonchev–Trinajstić information content (AvgIpc) is 2.48. The van der Waals surface area contributed by atoms with E-state index < -0.39 is 0 Å². The van der Waals surface area contributed by atoms with E-state index in [2.05, 4.69) is 34.7 Å². The molecule has 0 radical (unpaired) electrons. The number of halogens is 1. The quantitative estimate of drug-likeness (QED) is 0.844. The highest BCUT2D eigenvalue weighted by Crippen LogP contribution is 2.19. The summed E-state index contributed by atoms with van der Waals surface area (Å²) in [5.41, 5.74) is 1.93. The number of carbonyl (C=O) groups excluding carboxylic acids is 1. The van der Waals surface area contributed by atoms with Gasteiger partial charge >= 0.3 is 0 Å². The van der Waals surface area contributed by atoms with Crippen LogP contribution >= 0.6 is 15.9 Å². The topological polar surface area (TPSA) is 23.6 Å². The van der Waals surface area contributed by atoms with Crippen LogP contribution in [0.15, 0.2) is 22.7 Å². The molecule has 20 heavy (non-hydrogen) atoms. The fourth-order valence-electron chi connectivity index (χ4n) is 2.53. The second-order valence-electron chi connectivity index (χ2n) is 5.55. The van der Waals surface area contributed by atoms with E-state index in [4.69, 9.17) is 0 Å². The summed E-state index contributed by atoms with van der Waals surface area (Å²) in [5, 5.41) is 0. The molecule has 1 aromatic rings. The molecule has 1 heterocycles. The van der Waals surface area contributed by atoms with Crippen molar-refractivity contribution in [3.8, 4) is 0 Å². The lowest BCUT2D eigenvalue weighted by Gasteiger charge is -2.37. The van der Waals surface area contributed by atoms with Gasteiger partial charge in [0.2, 0.25) is 0 Å². The Morgan fingerprint density at radius 2 is 1.95 bits per heavy atom. The molecule has 0 spiro atoms. The van der Waals surface area contributed by atoms with Gasteiger partial charge in [-0.2, -0.15) is 0 Å². The lowest BCUT2D eigenvalue weighted by Crippen LogP contribution is -2.51. The van der Waals surface area contributed by atoms with Crippen LogP contribution in [0.1, 0.15) is 36.2 Å². The van der Waals surface area contributed by atoms with Crippen molar-refractivity contribution in [2.24, 2.45) is 0 Å². The summed E-state index contributed by atoms with van der Waals surface area (Å²) in [6, 6.07) is 6.45. The third-order valence-corrected chi connectivity index (χ3v) is 5.09. The summed E-state index contributed by atoms with van der Waals surface area (Å²) in [4.78, 5) is 16.9. The molecule has 1 aromatic carbocycles. The van der Waals surface area contributed by atoms with Crippen molar-refractivity contribution in [3.05, 3.63) is 33.8 Å². The third-order valence-electron chi connectivity index (χ3n) is 4.23. The van der Waals surface area contributed by atoms with Crippen LogP contribution in [0.2, 0.25) is 0 Å². The summed E-state index contributed by atoms with van der Waals surface area (Å²) < 4.78 is 1.00. The number of rotatable bonds is 3. The Hall–Kier alpha value is -0.870. The molecular formula is C16H23BrN2O. The highest BCUT2D eigenvalue weighted by atomic mass is 79.9. The molecule has 0 N–H and O–H groups in total. The molecule has 1 aliphatic rings. The minimum Gasteiger partial charge on any atom is -0.336 e. The normalized spacial score (nSPS) is 18.1. The van der Waals surface area contributed by atoms with E-state index in [1.165, 1.54) is 6.42 Å². The summed E-state index contributed by atoms with van der Waals surface area (Å²) in [6.45, 7) is 10.1. The molecule has 4 heteroatoms. The molecule has 1 amide bonds. The second-order valence-corrected chi connectivity index (χ2v) is 6.40. The van der Waals surface area contributed by atoms with Crippen LogP contribution in [0.25, 0.3) is 0 Å². The molecule has 2 rings (SSSR count). The van der Waals surface area contributed by atoms with Crippen LogP contribution in [0.5, 0.6) is 0 Å². The molecule has 1 fully saturated rings. The van der Waals surface area contributed by atoms with E-state index in [-0.39, 0.29) is 5.91 Å². The number of carbonyl (C=O) groups is 1. The molecule has 0 bridgehead atoms. The molecule has 0 aromatic heterocycles. The minimum absolute atomic E-state index is 0.148. The lowest BCUT2D eigenvalue weighted by molar-refractivity contribution is 0.0579. The van der Waals surface area contributed by atoms with Gasteiger partial charge in [0.15, 0.2) is 0 Å². The number of hydrogen-bond acceptors (Lipinski definition) is 2. The zero-order valence-corrected chi connectivity index (χ0v) is 14.1. The molecular weight excluding hydrogens is 316 g/mol. The molecule has 3 nitrogen and oxygen atoms in total. The van der Waals surface area contributed by atoms with E-state index in [1.54, 1.807) is 0 Å². The van der Waals surface area contributed by atoms with Crippen molar-refractivity contribution >= 4 is 21.8 Å². The van der Waals surface area contributed by atoms with Crippen molar-refractivity contribution in [3.63, 3.8) is 0 Å². The molecule has 1 atom stereocenters. The maximum Gasteiger partial charge on any atom is 0.253 e. The standard InChI is InChI=1S/C16H23BrN2O/c1-4-13(3)18-7-9-19(10-8-18)16(20)14-6-5-12(2)15(17)11-14/h5-6,11,13H,4,7-10H2,1-3H3. The molecule has 1 unspecified atom stereocenters. The SMILES string of the molecule is CCC(C)N1CCN(C(=O)c2ccc(C)c(Br)c2)CC1. The van der Waals surface area contributed by atoms with Gasteiger partial charge in [-0.1, -0.05) is 28.9 Å². The first-order valence-electron chi connectivity index (χ1n) is 7.32. The van der Waals surface area contributed by atoms with Gasteiger partial charge in [0.05, 0.1) is 0 Å². The van der Waals surface area contributed by atoms with Crippen molar-refractivity contribution in [1.29, 1.82) is 0 Å². The summed E-state index contributed by atoms with van der Waals surface area (Å²) in [6.07, 6.45) is 1.17. The minimum atomic E-state index is 0.148. The maximum absolute atomic E-state index is 12.5. The first-order valence-corrected chi connectivity index (χ1v) is 8.11. The predicted molar refractivity (Wildman–Crippen MR) is 86.1 cm³/mol. The van der Waals surface area contributed by atoms with Gasteiger partial charge < -0.3 is 4.90 Å². The van der Waals surface area contributed by atoms with Gasteiger partial charge in [0, 0.05) is 42.3 Å². The monoisotopic (exact) mass is 338 g/mol. The van der Waals surface area contributed by atoms with Crippen molar-refractivity contribution in [2.45, 2.75) is 33.2 Å². The highest BCUT2D eigenvalue weighted by Gasteiger charge is 2.24. The fraction of sp³-hybridized carbons (Fsp3) is 0.562. The molecule has 0 saturated carbocycles. The zero-order chi connectivity index (χ0) is 14.7.